The summed E-state index contributed by atoms with van der Waals surface area (Å²) in [6.45, 7) is 8.23. The lowest BCUT2D eigenvalue weighted by molar-refractivity contribution is -0.135. The number of carbonyl (C=O) groups is 2. The van der Waals surface area contributed by atoms with Crippen LogP contribution >= 0.6 is 12.6 Å². The van der Waals surface area contributed by atoms with Gasteiger partial charge in [-0.05, 0) is 5.41 Å². The van der Waals surface area contributed by atoms with Crippen LogP contribution in [0.1, 0.15) is 27.7 Å². The maximum absolute atomic E-state index is 11.9. The number of amides is 2. The van der Waals surface area contributed by atoms with E-state index in [9.17, 15) is 9.59 Å². The van der Waals surface area contributed by atoms with E-state index in [2.05, 4.69) is 38.7 Å². The van der Waals surface area contributed by atoms with Crippen molar-refractivity contribution in [1.82, 2.24) is 10.2 Å². The van der Waals surface area contributed by atoms with E-state index >= 15 is 0 Å². The van der Waals surface area contributed by atoms with Gasteiger partial charge >= 0.3 is 0 Å². The quantitative estimate of drug-likeness (QED) is 0.725. The van der Waals surface area contributed by atoms with Crippen LogP contribution < -0.4 is 5.32 Å². The van der Waals surface area contributed by atoms with Crippen LogP contribution in [-0.4, -0.2) is 42.1 Å². The van der Waals surface area contributed by atoms with Gasteiger partial charge in [-0.1, -0.05) is 20.8 Å². The Morgan fingerprint density at radius 3 is 2.19 bits per heavy atom. The molecule has 0 aliphatic rings. The van der Waals surface area contributed by atoms with E-state index in [1.54, 1.807) is 11.9 Å². The summed E-state index contributed by atoms with van der Waals surface area (Å²) in [6, 6.07) is -0.534. The van der Waals surface area contributed by atoms with Crippen LogP contribution in [0, 0.1) is 5.41 Å². The minimum atomic E-state index is -0.534. The zero-order valence-electron chi connectivity index (χ0n) is 10.7. The SMILES string of the molecule is CC(=O)NC(CS)C(=O)N(C)CC(C)(C)C. The summed E-state index contributed by atoms with van der Waals surface area (Å²) in [5.74, 6) is 0.00377. The zero-order chi connectivity index (χ0) is 12.9. The molecule has 4 nitrogen and oxygen atoms in total. The molecule has 0 aromatic heterocycles. The lowest BCUT2D eigenvalue weighted by Gasteiger charge is -2.29. The minimum absolute atomic E-state index is 0.0434. The molecule has 1 unspecified atom stereocenters. The first-order valence-corrected chi connectivity index (χ1v) is 5.93. The van der Waals surface area contributed by atoms with Gasteiger partial charge < -0.3 is 10.2 Å². The lowest BCUT2D eigenvalue weighted by atomic mass is 9.96. The second-order valence-corrected chi connectivity index (χ2v) is 5.56. The molecule has 2 amide bonds. The van der Waals surface area contributed by atoms with Gasteiger partial charge in [0.15, 0.2) is 0 Å². The molecule has 0 bridgehead atoms. The van der Waals surface area contributed by atoms with Crippen molar-refractivity contribution in [3.05, 3.63) is 0 Å². The highest BCUT2D eigenvalue weighted by Crippen LogP contribution is 2.14. The Morgan fingerprint density at radius 1 is 1.38 bits per heavy atom. The van der Waals surface area contributed by atoms with Crippen LogP contribution in [0.15, 0.2) is 0 Å². The van der Waals surface area contributed by atoms with Gasteiger partial charge in [0, 0.05) is 26.3 Å². The van der Waals surface area contributed by atoms with Crippen LogP contribution in [0.3, 0.4) is 0 Å². The van der Waals surface area contributed by atoms with Gasteiger partial charge in [-0.2, -0.15) is 12.6 Å². The van der Waals surface area contributed by atoms with Gasteiger partial charge in [-0.25, -0.2) is 0 Å². The minimum Gasteiger partial charge on any atom is -0.344 e. The third-order valence-electron chi connectivity index (χ3n) is 1.95. The Bertz CT molecular complexity index is 261. The molecule has 0 saturated heterocycles. The first-order valence-electron chi connectivity index (χ1n) is 5.30. The van der Waals surface area contributed by atoms with E-state index in [0.29, 0.717) is 12.3 Å². The third-order valence-corrected chi connectivity index (χ3v) is 2.31. The number of thiol groups is 1. The molecule has 0 aliphatic carbocycles. The summed E-state index contributed by atoms with van der Waals surface area (Å²) in [5.41, 5.74) is 0.0434. The van der Waals surface area contributed by atoms with E-state index in [1.165, 1.54) is 6.92 Å². The summed E-state index contributed by atoms with van der Waals surface area (Å²) in [7, 11) is 1.74. The molecule has 94 valence electrons. The van der Waals surface area contributed by atoms with Gasteiger partial charge in [-0.15, -0.1) is 0 Å². The van der Waals surface area contributed by atoms with Crippen molar-refractivity contribution < 1.29 is 9.59 Å². The molecule has 0 radical (unpaired) electrons. The highest BCUT2D eigenvalue weighted by Gasteiger charge is 2.24. The van der Waals surface area contributed by atoms with Crippen molar-refractivity contribution >= 4 is 24.4 Å². The number of nitrogens with one attached hydrogen (secondary N) is 1. The molecule has 1 atom stereocenters. The third kappa shape index (κ3) is 6.00. The Labute approximate surface area is 103 Å². The monoisotopic (exact) mass is 246 g/mol. The standard InChI is InChI=1S/C11H22N2O2S/c1-8(14)12-9(6-16)10(15)13(5)7-11(2,3)4/h9,16H,6-7H2,1-5H3,(H,12,14). The Morgan fingerprint density at radius 2 is 1.88 bits per heavy atom. The van der Waals surface area contributed by atoms with E-state index in [0.717, 1.165) is 0 Å². The Balaban J connectivity index is 4.44. The lowest BCUT2D eigenvalue weighted by Crippen LogP contribution is -2.49. The molecule has 0 heterocycles. The number of hydrogen-bond acceptors (Lipinski definition) is 3. The maximum atomic E-state index is 11.9. The Hall–Kier alpha value is -0.710. The van der Waals surface area contributed by atoms with Crippen molar-refractivity contribution in [2.24, 2.45) is 5.41 Å². The fraction of sp³-hybridized carbons (Fsp3) is 0.818. The van der Waals surface area contributed by atoms with E-state index in [4.69, 9.17) is 0 Å². The zero-order valence-corrected chi connectivity index (χ0v) is 11.6. The smallest absolute Gasteiger partial charge is 0.245 e. The van der Waals surface area contributed by atoms with Gasteiger partial charge in [0.2, 0.25) is 11.8 Å². The molecule has 1 N–H and O–H groups in total. The number of rotatable bonds is 4. The highest BCUT2D eigenvalue weighted by atomic mass is 32.1. The predicted octanol–water partition coefficient (Wildman–Crippen LogP) is 0.925. The normalized spacial score (nSPS) is 13.1. The van der Waals surface area contributed by atoms with Gasteiger partial charge in [0.25, 0.3) is 0 Å². The molecule has 16 heavy (non-hydrogen) atoms. The average molecular weight is 246 g/mol. The molecular weight excluding hydrogens is 224 g/mol. The first-order chi connectivity index (χ1) is 7.17. The summed E-state index contributed by atoms with van der Waals surface area (Å²) in [6.07, 6.45) is 0. The fourth-order valence-corrected chi connectivity index (χ4v) is 1.73. The first kappa shape index (κ1) is 15.3. The molecule has 0 rings (SSSR count). The van der Waals surface area contributed by atoms with Crippen LogP contribution in [-0.2, 0) is 9.59 Å². The number of hydrogen-bond donors (Lipinski definition) is 2. The van der Waals surface area contributed by atoms with Crippen molar-refractivity contribution in [2.75, 3.05) is 19.3 Å². The Kier molecular flexibility index (Phi) is 5.86. The van der Waals surface area contributed by atoms with Crippen LogP contribution in [0.2, 0.25) is 0 Å². The van der Waals surface area contributed by atoms with Crippen LogP contribution in [0.25, 0.3) is 0 Å². The van der Waals surface area contributed by atoms with Crippen LogP contribution in [0.5, 0.6) is 0 Å². The van der Waals surface area contributed by atoms with Crippen molar-refractivity contribution in [3.63, 3.8) is 0 Å². The van der Waals surface area contributed by atoms with Crippen molar-refractivity contribution in [1.29, 1.82) is 0 Å². The summed E-state index contributed by atoms with van der Waals surface area (Å²) in [5, 5.41) is 2.59. The van der Waals surface area contributed by atoms with Crippen molar-refractivity contribution in [2.45, 2.75) is 33.7 Å². The summed E-state index contributed by atoms with van der Waals surface area (Å²) >= 11 is 4.07. The molecule has 0 fully saturated rings. The van der Waals surface area contributed by atoms with E-state index in [1.807, 2.05) is 0 Å². The highest BCUT2D eigenvalue weighted by molar-refractivity contribution is 7.80. The molecule has 0 aromatic rings. The number of nitrogens with zero attached hydrogens (tertiary/aromatic N) is 1. The number of carbonyl (C=O) groups excluding carboxylic acids is 2. The second kappa shape index (κ2) is 6.13. The van der Waals surface area contributed by atoms with E-state index < -0.39 is 6.04 Å². The largest absolute Gasteiger partial charge is 0.344 e. The maximum Gasteiger partial charge on any atom is 0.245 e. The fourth-order valence-electron chi connectivity index (χ4n) is 1.49. The molecule has 0 spiro atoms. The molecule has 0 aliphatic heterocycles. The molecule has 0 saturated carbocycles. The van der Waals surface area contributed by atoms with E-state index in [-0.39, 0.29) is 17.2 Å². The molecule has 0 aromatic carbocycles. The second-order valence-electron chi connectivity index (χ2n) is 5.19. The summed E-state index contributed by atoms with van der Waals surface area (Å²) in [4.78, 5) is 24.5. The average Bonchev–Trinajstić information content (AvgIpc) is 2.09. The number of likely N-dealkylation sites (N-methyl/N-ethyl adjacent to an activating group) is 1. The van der Waals surface area contributed by atoms with Gasteiger partial charge in [-0.3, -0.25) is 9.59 Å². The molecule has 5 heteroatoms. The molecular formula is C11H22N2O2S. The van der Waals surface area contributed by atoms with Gasteiger partial charge in [0.1, 0.15) is 6.04 Å². The van der Waals surface area contributed by atoms with Gasteiger partial charge in [0.05, 0.1) is 0 Å². The predicted molar refractivity (Wildman–Crippen MR) is 68.5 cm³/mol. The summed E-state index contributed by atoms with van der Waals surface area (Å²) < 4.78 is 0. The van der Waals surface area contributed by atoms with Crippen LogP contribution in [0.4, 0.5) is 0 Å². The van der Waals surface area contributed by atoms with Crippen molar-refractivity contribution in [3.8, 4) is 0 Å². The topological polar surface area (TPSA) is 49.4 Å².